The molecule has 1 aliphatic carbocycles. The average molecular weight is 897 g/mol. The highest BCUT2D eigenvalue weighted by Crippen LogP contribution is 2.51. The molecule has 0 atom stereocenters. The number of pyridine rings is 1. The predicted molar refractivity (Wildman–Crippen MR) is 299 cm³/mol. The van der Waals surface area contributed by atoms with E-state index in [-0.39, 0.29) is 5.41 Å². The van der Waals surface area contributed by atoms with Gasteiger partial charge < -0.3 is 9.30 Å². The third-order valence-electron chi connectivity index (χ3n) is 14.5. The molecule has 0 N–H and O–H groups in total. The Labute approximate surface area is 411 Å². The molecular formula is C68H52N2. The first-order valence-electron chi connectivity index (χ1n) is 24.3. The first-order chi connectivity index (χ1) is 34.4. The van der Waals surface area contributed by atoms with Crippen molar-refractivity contribution in [2.45, 2.75) is 26.2 Å². The largest absolute Gasteiger partial charge is 0.310 e. The zero-order chi connectivity index (χ0) is 47.3. The molecule has 2 aromatic heterocycles. The quantitative estimate of drug-likeness (QED) is 0.124. The predicted octanol–water partition coefficient (Wildman–Crippen LogP) is 18.9. The molecule has 2 heterocycles. The van der Waals surface area contributed by atoms with Gasteiger partial charge in [-0.1, -0.05) is 227 Å². The molecule has 9 aromatic carbocycles. The molecule has 70 heavy (non-hydrogen) atoms. The molecule has 334 valence electrons. The van der Waals surface area contributed by atoms with Gasteiger partial charge in [-0.05, 0) is 116 Å². The van der Waals surface area contributed by atoms with Crippen LogP contribution in [0.5, 0.6) is 0 Å². The van der Waals surface area contributed by atoms with Gasteiger partial charge in [-0.15, -0.1) is 0 Å². The Hall–Kier alpha value is -8.72. The number of fused-ring (bicyclic) bond motifs is 7. The van der Waals surface area contributed by atoms with E-state index in [1.165, 1.54) is 94.1 Å². The zero-order valence-corrected chi connectivity index (χ0v) is 39.8. The van der Waals surface area contributed by atoms with Crippen LogP contribution >= 0.6 is 0 Å². The van der Waals surface area contributed by atoms with Gasteiger partial charge >= 0.3 is 0 Å². The van der Waals surface area contributed by atoms with Crippen LogP contribution in [-0.4, -0.2) is 4.40 Å². The fourth-order valence-corrected chi connectivity index (χ4v) is 11.2. The van der Waals surface area contributed by atoms with Gasteiger partial charge in [-0.3, -0.25) is 0 Å². The maximum absolute atomic E-state index is 4.25. The Bertz CT molecular complexity index is 3700. The van der Waals surface area contributed by atoms with Crippen molar-refractivity contribution in [3.8, 4) is 55.8 Å². The van der Waals surface area contributed by atoms with E-state index in [1.807, 2.05) is 6.08 Å². The minimum Gasteiger partial charge on any atom is -0.310 e. The fraction of sp³-hybridized carbons (Fsp3) is 0.0588. The van der Waals surface area contributed by atoms with Crippen molar-refractivity contribution < 1.29 is 0 Å². The molecule has 0 radical (unpaired) electrons. The SMILES string of the molecule is C=CC1=C(/C=C\C)c2ccc(N(c3ccc(-c4ccccc4)cc3)c3ccc(-c4ccc(-c5c(-c6ccccc6)c6c7ccccc7c7ccccc7n6c5-c5ccccc5)cc4)cc3)cc2C1(C)C. The Kier molecular flexibility index (Phi) is 10.6. The molecule has 0 saturated heterocycles. The second kappa shape index (κ2) is 17.4. The fourth-order valence-electron chi connectivity index (χ4n) is 11.2. The number of hydrogen-bond donors (Lipinski definition) is 0. The molecule has 2 heteroatoms. The molecule has 12 rings (SSSR count). The minimum atomic E-state index is -0.195. The minimum absolute atomic E-state index is 0.195. The lowest BCUT2D eigenvalue weighted by Gasteiger charge is -2.29. The van der Waals surface area contributed by atoms with Gasteiger partial charge in [0, 0.05) is 44.4 Å². The molecule has 0 amide bonds. The van der Waals surface area contributed by atoms with Crippen molar-refractivity contribution in [2.24, 2.45) is 0 Å². The molecule has 11 aromatic rings. The van der Waals surface area contributed by atoms with E-state index in [0.29, 0.717) is 0 Å². The van der Waals surface area contributed by atoms with Gasteiger partial charge in [0.2, 0.25) is 0 Å². The van der Waals surface area contributed by atoms with Crippen molar-refractivity contribution in [1.82, 2.24) is 4.40 Å². The molecular weight excluding hydrogens is 845 g/mol. The summed E-state index contributed by atoms with van der Waals surface area (Å²) in [6.45, 7) is 11.0. The molecule has 0 unspecified atom stereocenters. The van der Waals surface area contributed by atoms with Crippen LogP contribution in [-0.2, 0) is 5.41 Å². The van der Waals surface area contributed by atoms with E-state index in [4.69, 9.17) is 0 Å². The number of anilines is 3. The Morgan fingerprint density at radius 3 is 1.49 bits per heavy atom. The van der Waals surface area contributed by atoms with Crippen molar-refractivity contribution in [2.75, 3.05) is 4.90 Å². The van der Waals surface area contributed by atoms with Gasteiger partial charge in [0.1, 0.15) is 0 Å². The smallest absolute Gasteiger partial charge is 0.0626 e. The molecule has 1 aliphatic rings. The number of aromatic nitrogens is 1. The molecule has 0 saturated carbocycles. The van der Waals surface area contributed by atoms with E-state index in [1.54, 1.807) is 0 Å². The van der Waals surface area contributed by atoms with Crippen LogP contribution in [0.4, 0.5) is 17.1 Å². The Morgan fingerprint density at radius 1 is 0.443 bits per heavy atom. The second-order valence-corrected chi connectivity index (χ2v) is 18.8. The van der Waals surface area contributed by atoms with Crippen LogP contribution in [0.15, 0.2) is 261 Å². The standard InChI is InChI=1S/C68H52N2/c1-5-20-57-58-44-43-55(45-62(58)68(3,4)61(57)6-2)69(53-39-35-48(36-40-53)46-21-10-7-11-22-46)54-41-37-49(38-42-54)47-31-33-51(34-32-47)64-65(50-23-12-8-13-24-50)67-60-29-17-16-27-56(60)59-28-18-19-30-63(59)70(67)66(64)52-25-14-9-15-26-52/h5-45H,2H2,1,3-4H3/b20-5-. The van der Waals surface area contributed by atoms with E-state index < -0.39 is 0 Å². The summed E-state index contributed by atoms with van der Waals surface area (Å²) >= 11 is 0. The number of hydrogen-bond acceptors (Lipinski definition) is 1. The maximum atomic E-state index is 4.25. The third-order valence-corrected chi connectivity index (χ3v) is 14.5. The average Bonchev–Trinajstić information content (AvgIpc) is 3.89. The number of allylic oxidation sites excluding steroid dienone is 5. The van der Waals surface area contributed by atoms with Crippen LogP contribution in [0, 0.1) is 0 Å². The van der Waals surface area contributed by atoms with Crippen molar-refractivity contribution in [3.05, 3.63) is 272 Å². The lowest BCUT2D eigenvalue weighted by Crippen LogP contribution is -2.17. The van der Waals surface area contributed by atoms with Crippen LogP contribution < -0.4 is 4.90 Å². The summed E-state index contributed by atoms with van der Waals surface area (Å²) in [6, 6.07) is 84.4. The van der Waals surface area contributed by atoms with E-state index in [2.05, 4.69) is 279 Å². The summed E-state index contributed by atoms with van der Waals surface area (Å²) in [5, 5.41) is 3.73. The Balaban J connectivity index is 0.982. The van der Waals surface area contributed by atoms with Crippen molar-refractivity contribution in [3.63, 3.8) is 0 Å². The maximum Gasteiger partial charge on any atom is 0.0626 e. The van der Waals surface area contributed by atoms with Gasteiger partial charge in [-0.2, -0.15) is 0 Å². The third kappa shape index (κ3) is 7.03. The van der Waals surface area contributed by atoms with Crippen molar-refractivity contribution in [1.29, 1.82) is 0 Å². The Morgan fingerprint density at radius 2 is 0.900 bits per heavy atom. The summed E-state index contributed by atoms with van der Waals surface area (Å²) in [7, 11) is 0. The normalized spacial score (nSPS) is 13.1. The highest BCUT2D eigenvalue weighted by atomic mass is 15.1. The van der Waals surface area contributed by atoms with E-state index in [0.717, 1.165) is 28.2 Å². The number of nitrogens with zero attached hydrogens (tertiary/aromatic N) is 2. The molecule has 0 aliphatic heterocycles. The molecule has 0 spiro atoms. The first kappa shape index (κ1) is 42.6. The zero-order valence-electron chi connectivity index (χ0n) is 39.8. The highest BCUT2D eigenvalue weighted by Gasteiger charge is 2.36. The van der Waals surface area contributed by atoms with E-state index in [9.17, 15) is 0 Å². The van der Waals surface area contributed by atoms with Gasteiger partial charge in [0.05, 0.1) is 16.7 Å². The van der Waals surface area contributed by atoms with Gasteiger partial charge in [-0.25, -0.2) is 0 Å². The summed E-state index contributed by atoms with van der Waals surface area (Å²) < 4.78 is 2.52. The van der Waals surface area contributed by atoms with Gasteiger partial charge in [0.15, 0.2) is 0 Å². The number of para-hydroxylation sites is 1. The number of rotatable bonds is 10. The van der Waals surface area contributed by atoms with Crippen LogP contribution in [0.2, 0.25) is 0 Å². The van der Waals surface area contributed by atoms with Gasteiger partial charge in [0.25, 0.3) is 0 Å². The van der Waals surface area contributed by atoms with Crippen LogP contribution in [0.3, 0.4) is 0 Å². The molecule has 0 fully saturated rings. The topological polar surface area (TPSA) is 7.65 Å². The highest BCUT2D eigenvalue weighted by molar-refractivity contribution is 6.20. The molecule has 0 bridgehead atoms. The number of benzene rings is 9. The van der Waals surface area contributed by atoms with Crippen LogP contribution in [0.1, 0.15) is 31.9 Å². The summed E-state index contributed by atoms with van der Waals surface area (Å²) in [4.78, 5) is 2.39. The van der Waals surface area contributed by atoms with Crippen molar-refractivity contribution >= 4 is 49.8 Å². The second-order valence-electron chi connectivity index (χ2n) is 18.8. The lowest BCUT2D eigenvalue weighted by molar-refractivity contribution is 0.654. The first-order valence-corrected chi connectivity index (χ1v) is 24.3. The molecule has 2 nitrogen and oxygen atoms in total. The summed E-state index contributed by atoms with van der Waals surface area (Å²) in [6.07, 6.45) is 6.39. The summed E-state index contributed by atoms with van der Waals surface area (Å²) in [5.41, 5.74) is 22.5. The van der Waals surface area contributed by atoms with Crippen LogP contribution in [0.25, 0.3) is 88.5 Å². The monoisotopic (exact) mass is 896 g/mol. The lowest BCUT2D eigenvalue weighted by atomic mass is 9.81. The van der Waals surface area contributed by atoms with E-state index >= 15 is 0 Å². The summed E-state index contributed by atoms with van der Waals surface area (Å²) in [5.74, 6) is 0.